The van der Waals surface area contributed by atoms with Crippen molar-refractivity contribution in [3.8, 4) is 32.3 Å². The molecule has 7 rings (SSSR count). The minimum absolute atomic E-state index is 0.0590. The van der Waals surface area contributed by atoms with Crippen molar-refractivity contribution < 1.29 is 9.59 Å². The smallest absolute Gasteiger partial charge is 0.237 e. The highest BCUT2D eigenvalue weighted by atomic mass is 32.1. The number of carbonyl (C=O) groups excluding carboxylic acids is 2. The molecule has 9 heteroatoms. The van der Waals surface area contributed by atoms with Crippen LogP contribution in [0.4, 0.5) is 0 Å². The number of carbonyl (C=O) groups is 2. The van der Waals surface area contributed by atoms with Gasteiger partial charge in [-0.05, 0) is 82.5 Å². The Morgan fingerprint density at radius 1 is 0.818 bits per heavy atom. The quantitative estimate of drug-likeness (QED) is 0.239. The molecule has 1 unspecified atom stereocenters. The molecule has 0 bridgehead atoms. The lowest BCUT2D eigenvalue weighted by atomic mass is 9.91. The Balaban J connectivity index is 1.10. The average Bonchev–Trinajstić information content (AvgIpc) is 3.80. The van der Waals surface area contributed by atoms with Crippen LogP contribution in [-0.4, -0.2) is 76.6 Å². The summed E-state index contributed by atoms with van der Waals surface area (Å²) in [6.07, 6.45) is 3.95. The molecule has 4 heterocycles. The van der Waals surface area contributed by atoms with Gasteiger partial charge in [0.1, 0.15) is 10.0 Å². The predicted molar refractivity (Wildman–Crippen MR) is 178 cm³/mol. The molecule has 1 fully saturated rings. The first-order valence-corrected chi connectivity index (χ1v) is 17.2. The molecule has 0 saturated carbocycles. The summed E-state index contributed by atoms with van der Waals surface area (Å²) in [5.41, 5.74) is 9.30. The van der Waals surface area contributed by atoms with Crippen LogP contribution >= 0.6 is 22.7 Å². The zero-order valence-corrected chi connectivity index (χ0v) is 27.6. The van der Waals surface area contributed by atoms with E-state index in [4.69, 9.17) is 9.97 Å². The third kappa shape index (κ3) is 5.55. The van der Waals surface area contributed by atoms with Gasteiger partial charge in [-0.25, -0.2) is 9.97 Å². The molecule has 228 valence electrons. The van der Waals surface area contributed by atoms with Crippen LogP contribution < -0.4 is 0 Å². The fraction of sp³-hybridized carbons (Fsp3) is 0.429. The molecule has 0 N–H and O–H groups in total. The zero-order chi connectivity index (χ0) is 30.5. The van der Waals surface area contributed by atoms with Crippen LogP contribution in [0.25, 0.3) is 32.3 Å². The molecule has 1 amide bonds. The van der Waals surface area contributed by atoms with Gasteiger partial charge in [-0.1, -0.05) is 36.4 Å². The minimum Gasteiger partial charge on any atom is -0.330 e. The first kappa shape index (κ1) is 29.5. The van der Waals surface area contributed by atoms with Crippen LogP contribution in [0.15, 0.2) is 36.4 Å². The van der Waals surface area contributed by atoms with Gasteiger partial charge >= 0.3 is 0 Å². The number of amides is 1. The van der Waals surface area contributed by atoms with Crippen LogP contribution in [0.1, 0.15) is 45.1 Å². The summed E-state index contributed by atoms with van der Waals surface area (Å²) in [6, 6.07) is 13.0. The maximum atomic E-state index is 12.9. The molecule has 1 saturated heterocycles. The first-order chi connectivity index (χ1) is 21.2. The second-order valence-corrected chi connectivity index (χ2v) is 14.9. The number of fused-ring (bicyclic) bond motifs is 2. The maximum absolute atomic E-state index is 12.9. The fourth-order valence-corrected chi connectivity index (χ4v) is 9.32. The molecule has 44 heavy (non-hydrogen) atoms. The Hall–Kier alpha value is -3.24. The topological polar surface area (TPSA) is 69.6 Å². The number of rotatable bonds is 8. The summed E-state index contributed by atoms with van der Waals surface area (Å²) in [5, 5.41) is 2.08. The number of hydrogen-bond donors (Lipinski definition) is 0. The maximum Gasteiger partial charge on any atom is 0.237 e. The van der Waals surface area contributed by atoms with E-state index in [1.165, 1.54) is 44.8 Å². The number of Topliss-reactive ketones (excluding diaryl/α,β-unsaturated/α-hetero) is 1. The fourth-order valence-electron chi connectivity index (χ4n) is 6.90. The molecular formula is C35H39N5O2S2. The van der Waals surface area contributed by atoms with Crippen molar-refractivity contribution in [3.63, 3.8) is 0 Å². The average molecular weight is 626 g/mol. The van der Waals surface area contributed by atoms with Crippen molar-refractivity contribution in [3.05, 3.63) is 68.7 Å². The van der Waals surface area contributed by atoms with Crippen molar-refractivity contribution >= 4 is 34.4 Å². The predicted octanol–water partition coefficient (Wildman–Crippen LogP) is 6.00. The van der Waals surface area contributed by atoms with Gasteiger partial charge in [0.25, 0.3) is 0 Å². The molecule has 2 aliphatic heterocycles. The van der Waals surface area contributed by atoms with Gasteiger partial charge < -0.3 is 9.80 Å². The lowest BCUT2D eigenvalue weighted by molar-refractivity contribution is -0.132. The first-order valence-electron chi connectivity index (χ1n) is 15.6. The van der Waals surface area contributed by atoms with E-state index in [2.05, 4.69) is 55.1 Å². The molecule has 2 aromatic carbocycles. The SMILES string of the molecule is Cc1c(-c2nc3c(s2)CC(C(=O)CN(C)C)C3)cccc1-c1cccc(-c2nc3c(s2)CN(C(=O)CN2CCCC2)C3)c1C. The van der Waals surface area contributed by atoms with E-state index in [1.54, 1.807) is 22.7 Å². The highest BCUT2D eigenvalue weighted by molar-refractivity contribution is 7.15. The molecule has 0 radical (unpaired) electrons. The molecule has 2 aromatic heterocycles. The van der Waals surface area contributed by atoms with Crippen molar-refractivity contribution in [1.29, 1.82) is 0 Å². The van der Waals surface area contributed by atoms with Gasteiger partial charge in [-0.3, -0.25) is 14.5 Å². The number of likely N-dealkylation sites (tertiary alicyclic amines) is 1. The number of benzene rings is 2. The number of thiazole rings is 2. The largest absolute Gasteiger partial charge is 0.330 e. The Bertz CT molecular complexity index is 1700. The third-order valence-electron chi connectivity index (χ3n) is 9.36. The van der Waals surface area contributed by atoms with Crippen LogP contribution in [0.5, 0.6) is 0 Å². The third-order valence-corrected chi connectivity index (χ3v) is 11.6. The lowest BCUT2D eigenvalue weighted by Gasteiger charge is -2.20. The summed E-state index contributed by atoms with van der Waals surface area (Å²) in [6.45, 7) is 8.76. The Kier molecular flexibility index (Phi) is 7.99. The van der Waals surface area contributed by atoms with Gasteiger partial charge in [0.05, 0.1) is 37.6 Å². The van der Waals surface area contributed by atoms with E-state index in [1.807, 2.05) is 23.9 Å². The molecule has 0 spiro atoms. The van der Waals surface area contributed by atoms with Gasteiger partial charge in [0, 0.05) is 33.2 Å². The molecule has 3 aliphatic rings. The zero-order valence-electron chi connectivity index (χ0n) is 26.0. The summed E-state index contributed by atoms with van der Waals surface area (Å²) in [7, 11) is 3.89. The van der Waals surface area contributed by atoms with Crippen molar-refractivity contribution in [2.24, 2.45) is 5.92 Å². The summed E-state index contributed by atoms with van der Waals surface area (Å²) >= 11 is 3.47. The Morgan fingerprint density at radius 2 is 1.41 bits per heavy atom. The number of aromatic nitrogens is 2. The van der Waals surface area contributed by atoms with Crippen LogP contribution in [-0.2, 0) is 35.5 Å². The van der Waals surface area contributed by atoms with E-state index < -0.39 is 0 Å². The van der Waals surface area contributed by atoms with E-state index in [-0.39, 0.29) is 11.8 Å². The van der Waals surface area contributed by atoms with Gasteiger partial charge in [0.15, 0.2) is 5.78 Å². The Labute approximate surface area is 267 Å². The highest BCUT2D eigenvalue weighted by Crippen LogP contribution is 2.42. The van der Waals surface area contributed by atoms with Gasteiger partial charge in [-0.15, -0.1) is 22.7 Å². The van der Waals surface area contributed by atoms with Gasteiger partial charge in [-0.2, -0.15) is 0 Å². The van der Waals surface area contributed by atoms with E-state index in [0.29, 0.717) is 32.0 Å². The Morgan fingerprint density at radius 3 is 2.00 bits per heavy atom. The molecule has 4 aromatic rings. The highest BCUT2D eigenvalue weighted by Gasteiger charge is 2.32. The standard InChI is InChI=1S/C35H39N5O2S2/c1-21-24(9-7-11-26(21)34-36-28-15-23(16-31(28)43-34)30(41)18-38(3)4)25-10-8-12-27(22(25)2)35-37-29-17-40(19-32(29)44-35)33(42)20-39-13-5-6-14-39/h7-12,23H,5-6,13-20H2,1-4H3. The van der Waals surface area contributed by atoms with E-state index >= 15 is 0 Å². The van der Waals surface area contributed by atoms with Crippen molar-refractivity contribution in [1.82, 2.24) is 24.7 Å². The second kappa shape index (κ2) is 11.9. The normalized spacial score (nSPS) is 17.9. The van der Waals surface area contributed by atoms with E-state index in [9.17, 15) is 9.59 Å². The summed E-state index contributed by atoms with van der Waals surface area (Å²) < 4.78 is 0. The van der Waals surface area contributed by atoms with Crippen molar-refractivity contribution in [2.75, 3.05) is 40.3 Å². The van der Waals surface area contributed by atoms with Gasteiger partial charge in [0.2, 0.25) is 5.91 Å². The molecule has 1 atom stereocenters. The number of ketones is 1. The summed E-state index contributed by atoms with van der Waals surface area (Å²) in [5.74, 6) is 0.586. The number of hydrogen-bond acceptors (Lipinski definition) is 8. The minimum atomic E-state index is 0.0590. The van der Waals surface area contributed by atoms with E-state index in [0.717, 1.165) is 58.5 Å². The lowest BCUT2D eigenvalue weighted by Crippen LogP contribution is -2.36. The van der Waals surface area contributed by atoms with Crippen molar-refractivity contribution in [2.45, 2.75) is 52.6 Å². The molecule has 7 nitrogen and oxygen atoms in total. The number of likely N-dealkylation sites (N-methyl/N-ethyl adjacent to an activating group) is 1. The molecule has 1 aliphatic carbocycles. The second-order valence-electron chi connectivity index (χ2n) is 12.8. The van der Waals surface area contributed by atoms with Crippen LogP contribution in [0, 0.1) is 19.8 Å². The number of nitrogens with zero attached hydrogens (tertiary/aromatic N) is 5. The molecular weight excluding hydrogens is 587 g/mol. The summed E-state index contributed by atoms with van der Waals surface area (Å²) in [4.78, 5) is 44.3. The van der Waals surface area contributed by atoms with Crippen LogP contribution in [0.2, 0.25) is 0 Å². The van der Waals surface area contributed by atoms with Crippen LogP contribution in [0.3, 0.4) is 0 Å². The monoisotopic (exact) mass is 625 g/mol.